The number of rotatable bonds is 1. The van der Waals surface area contributed by atoms with Crippen LogP contribution in [-0.2, 0) is 4.79 Å². The van der Waals surface area contributed by atoms with Gasteiger partial charge in [-0.15, -0.1) is 0 Å². The van der Waals surface area contributed by atoms with Crippen molar-refractivity contribution in [1.82, 2.24) is 0 Å². The first kappa shape index (κ1) is 12.8. The van der Waals surface area contributed by atoms with Crippen LogP contribution in [-0.4, -0.2) is 17.8 Å². The number of aliphatic imine (C=N–C) groups is 1. The molecule has 4 nitrogen and oxygen atoms in total. The van der Waals surface area contributed by atoms with Crippen molar-refractivity contribution < 1.29 is 4.79 Å². The number of nitrogens with two attached hydrogens (primary N) is 1. The first-order valence-corrected chi connectivity index (χ1v) is 6.52. The highest BCUT2D eigenvalue weighted by Crippen LogP contribution is 2.24. The number of benzene rings is 2. The zero-order chi connectivity index (χ0) is 14.1. The summed E-state index contributed by atoms with van der Waals surface area (Å²) in [5.41, 5.74) is 8.81. The van der Waals surface area contributed by atoms with Gasteiger partial charge < -0.3 is 11.1 Å². The number of anilines is 1. The van der Waals surface area contributed by atoms with Crippen molar-refractivity contribution in [3.63, 3.8) is 0 Å². The van der Waals surface area contributed by atoms with Gasteiger partial charge >= 0.3 is 0 Å². The minimum atomic E-state index is -0.934. The van der Waals surface area contributed by atoms with E-state index in [-0.39, 0.29) is 5.91 Å². The van der Waals surface area contributed by atoms with Crippen LogP contribution in [0.5, 0.6) is 0 Å². The molecule has 0 spiro atoms. The number of hydrogen-bond acceptors (Lipinski definition) is 3. The highest BCUT2D eigenvalue weighted by atomic mass is 35.5. The summed E-state index contributed by atoms with van der Waals surface area (Å²) >= 11 is 6.03. The number of fused-ring (bicyclic) bond motifs is 1. The molecule has 0 fully saturated rings. The quantitative estimate of drug-likeness (QED) is 0.845. The molecule has 0 unspecified atom stereocenters. The number of nitrogens with one attached hydrogen (secondary N) is 1. The third-order valence-electron chi connectivity index (χ3n) is 3.07. The fourth-order valence-corrected chi connectivity index (χ4v) is 2.33. The molecule has 0 aromatic heterocycles. The average Bonchev–Trinajstić information content (AvgIpc) is 2.57. The Morgan fingerprint density at radius 2 is 1.95 bits per heavy atom. The SMILES string of the molecule is N[C@@H]1N=C(c2cccc(Cl)c2)c2ccccc2NC1=O. The molecule has 0 saturated heterocycles. The van der Waals surface area contributed by atoms with E-state index in [1.54, 1.807) is 12.1 Å². The average molecular weight is 286 g/mol. The highest BCUT2D eigenvalue weighted by Gasteiger charge is 2.22. The van der Waals surface area contributed by atoms with Crippen molar-refractivity contribution >= 4 is 28.9 Å². The Bertz CT molecular complexity index is 712. The van der Waals surface area contributed by atoms with Crippen molar-refractivity contribution in [2.24, 2.45) is 10.7 Å². The number of amides is 1. The summed E-state index contributed by atoms with van der Waals surface area (Å²) in [5.74, 6) is -0.325. The van der Waals surface area contributed by atoms with Gasteiger partial charge in [0.2, 0.25) is 0 Å². The Hall–Kier alpha value is -2.17. The lowest BCUT2D eigenvalue weighted by molar-refractivity contribution is -0.117. The molecule has 0 bridgehead atoms. The van der Waals surface area contributed by atoms with Crippen molar-refractivity contribution in [1.29, 1.82) is 0 Å². The van der Waals surface area contributed by atoms with E-state index in [1.165, 1.54) is 0 Å². The van der Waals surface area contributed by atoms with E-state index in [0.717, 1.165) is 11.1 Å². The van der Waals surface area contributed by atoms with E-state index in [0.29, 0.717) is 16.4 Å². The molecule has 20 heavy (non-hydrogen) atoms. The van der Waals surface area contributed by atoms with Crippen LogP contribution in [0.3, 0.4) is 0 Å². The van der Waals surface area contributed by atoms with Crippen LogP contribution < -0.4 is 11.1 Å². The number of hydrogen-bond donors (Lipinski definition) is 2. The standard InChI is InChI=1S/C15H12ClN3O/c16-10-5-3-4-9(8-10)13-11-6-1-2-7-12(11)18-15(20)14(17)19-13/h1-8,14H,17H2,(H,18,20)/t14-/m1/s1. The van der Waals surface area contributed by atoms with Gasteiger partial charge in [0.25, 0.3) is 5.91 Å². The first-order chi connectivity index (χ1) is 9.65. The predicted molar refractivity (Wildman–Crippen MR) is 80.1 cm³/mol. The molecule has 0 aliphatic carbocycles. The maximum absolute atomic E-state index is 11.9. The van der Waals surface area contributed by atoms with Crippen LogP contribution in [0.2, 0.25) is 5.02 Å². The van der Waals surface area contributed by atoms with Gasteiger partial charge in [-0.3, -0.25) is 9.79 Å². The lowest BCUT2D eigenvalue weighted by atomic mass is 10.0. The zero-order valence-electron chi connectivity index (χ0n) is 10.5. The number of carbonyl (C=O) groups excluding carboxylic acids is 1. The van der Waals surface area contributed by atoms with E-state index >= 15 is 0 Å². The summed E-state index contributed by atoms with van der Waals surface area (Å²) in [6.45, 7) is 0. The van der Waals surface area contributed by atoms with Crippen molar-refractivity contribution in [3.05, 3.63) is 64.7 Å². The Kier molecular flexibility index (Phi) is 3.26. The van der Waals surface area contributed by atoms with Crippen molar-refractivity contribution in [2.45, 2.75) is 6.17 Å². The van der Waals surface area contributed by atoms with Crippen molar-refractivity contribution in [2.75, 3.05) is 5.32 Å². The van der Waals surface area contributed by atoms with Gasteiger partial charge in [-0.05, 0) is 18.2 Å². The van der Waals surface area contributed by atoms with Gasteiger partial charge in [0.15, 0.2) is 6.17 Å². The number of nitrogens with zero attached hydrogens (tertiary/aromatic N) is 1. The molecule has 3 N–H and O–H groups in total. The third kappa shape index (κ3) is 2.31. The van der Waals surface area contributed by atoms with Crippen LogP contribution in [0.4, 0.5) is 5.69 Å². The number of para-hydroxylation sites is 1. The maximum atomic E-state index is 11.9. The van der Waals surface area contributed by atoms with Crippen LogP contribution in [0, 0.1) is 0 Å². The summed E-state index contributed by atoms with van der Waals surface area (Å²) in [4.78, 5) is 16.2. The van der Waals surface area contributed by atoms with Crippen LogP contribution >= 0.6 is 11.6 Å². The molecule has 2 aromatic rings. The summed E-state index contributed by atoms with van der Waals surface area (Å²) in [6, 6.07) is 14.8. The van der Waals surface area contributed by atoms with Gasteiger partial charge in [-0.2, -0.15) is 0 Å². The molecule has 0 radical (unpaired) electrons. The van der Waals surface area contributed by atoms with Gasteiger partial charge in [0.1, 0.15) is 0 Å². The minimum absolute atomic E-state index is 0.325. The monoisotopic (exact) mass is 285 g/mol. The van der Waals surface area contributed by atoms with Crippen LogP contribution in [0.1, 0.15) is 11.1 Å². The summed E-state index contributed by atoms with van der Waals surface area (Å²) in [5, 5.41) is 3.39. The fourth-order valence-electron chi connectivity index (χ4n) is 2.14. The molecule has 0 saturated carbocycles. The summed E-state index contributed by atoms with van der Waals surface area (Å²) < 4.78 is 0. The molecule has 100 valence electrons. The van der Waals surface area contributed by atoms with Crippen LogP contribution in [0.15, 0.2) is 53.5 Å². The molecular formula is C15H12ClN3O. The van der Waals surface area contributed by atoms with Gasteiger partial charge in [0.05, 0.1) is 11.4 Å². The van der Waals surface area contributed by atoms with E-state index in [4.69, 9.17) is 17.3 Å². The third-order valence-corrected chi connectivity index (χ3v) is 3.31. The second kappa shape index (κ2) is 5.07. The van der Waals surface area contributed by atoms with Gasteiger partial charge in [-0.25, -0.2) is 0 Å². The summed E-state index contributed by atoms with van der Waals surface area (Å²) in [6.07, 6.45) is -0.934. The molecule has 1 atom stereocenters. The zero-order valence-corrected chi connectivity index (χ0v) is 11.3. The molecule has 1 heterocycles. The van der Waals surface area contributed by atoms with E-state index in [1.807, 2.05) is 36.4 Å². The lowest BCUT2D eigenvalue weighted by Crippen LogP contribution is -2.33. The Labute approximate surface area is 121 Å². The second-order valence-corrected chi connectivity index (χ2v) is 4.90. The smallest absolute Gasteiger partial charge is 0.263 e. The fraction of sp³-hybridized carbons (Fsp3) is 0.0667. The minimum Gasteiger partial charge on any atom is -0.322 e. The van der Waals surface area contributed by atoms with Gasteiger partial charge in [0, 0.05) is 16.1 Å². The molecule has 3 rings (SSSR count). The lowest BCUT2D eigenvalue weighted by Gasteiger charge is -2.09. The normalized spacial score (nSPS) is 17.8. The molecule has 1 aliphatic heterocycles. The second-order valence-electron chi connectivity index (χ2n) is 4.47. The molecule has 1 amide bonds. The Morgan fingerprint density at radius 3 is 2.75 bits per heavy atom. The first-order valence-electron chi connectivity index (χ1n) is 6.15. The predicted octanol–water partition coefficient (Wildman–Crippen LogP) is 2.41. The molecule has 2 aromatic carbocycles. The van der Waals surface area contributed by atoms with Crippen molar-refractivity contribution in [3.8, 4) is 0 Å². The van der Waals surface area contributed by atoms with E-state index in [9.17, 15) is 4.79 Å². The number of carbonyl (C=O) groups is 1. The van der Waals surface area contributed by atoms with Crippen LogP contribution in [0.25, 0.3) is 0 Å². The van der Waals surface area contributed by atoms with E-state index in [2.05, 4.69) is 10.3 Å². The largest absolute Gasteiger partial charge is 0.322 e. The molecular weight excluding hydrogens is 274 g/mol. The van der Waals surface area contributed by atoms with E-state index < -0.39 is 6.17 Å². The summed E-state index contributed by atoms with van der Waals surface area (Å²) in [7, 11) is 0. The topological polar surface area (TPSA) is 67.5 Å². The van der Waals surface area contributed by atoms with Gasteiger partial charge in [-0.1, -0.05) is 41.9 Å². The highest BCUT2D eigenvalue weighted by molar-refractivity contribution is 6.31. The maximum Gasteiger partial charge on any atom is 0.263 e. The molecule has 1 aliphatic rings. The number of halogens is 1. The Morgan fingerprint density at radius 1 is 1.15 bits per heavy atom. The Balaban J connectivity index is 2.21. The number of benzodiazepines with no additional fused rings is 1. The molecule has 5 heteroatoms.